The zero-order chi connectivity index (χ0) is 21.0. The van der Waals surface area contributed by atoms with Crippen LogP contribution in [0.1, 0.15) is 62.9 Å². The predicted molar refractivity (Wildman–Crippen MR) is 109 cm³/mol. The average Bonchev–Trinajstić information content (AvgIpc) is 2.73. The van der Waals surface area contributed by atoms with Crippen molar-refractivity contribution < 1.29 is 14.3 Å². The maximum absolute atomic E-state index is 12.4. The Kier molecular flexibility index (Phi) is 7.05. The van der Waals surface area contributed by atoms with Gasteiger partial charge in [0.05, 0.1) is 5.69 Å². The minimum absolute atomic E-state index is 0.00160. The molecule has 1 aromatic heterocycles. The molecule has 2 fully saturated rings. The molecule has 2 aliphatic rings. The second kappa shape index (κ2) is 9.52. The number of ether oxygens (including phenoxy) is 1. The summed E-state index contributed by atoms with van der Waals surface area (Å²) in [5.41, 5.74) is 0.637. The SMILES string of the molecule is COCC(=O)N1CCC(c2nc([C@H]3CCCN(C(=O)C(C)C)C3)cc(=O)[nH]2)CC1. The predicted octanol–water partition coefficient (Wildman–Crippen LogP) is 1.48. The molecule has 0 bridgehead atoms. The Morgan fingerprint density at radius 1 is 1.17 bits per heavy atom. The van der Waals surface area contributed by atoms with E-state index in [9.17, 15) is 14.4 Å². The van der Waals surface area contributed by atoms with Gasteiger partial charge in [-0.3, -0.25) is 14.4 Å². The molecule has 0 saturated carbocycles. The monoisotopic (exact) mass is 404 g/mol. The molecule has 1 aromatic rings. The van der Waals surface area contributed by atoms with Gasteiger partial charge < -0.3 is 19.5 Å². The van der Waals surface area contributed by atoms with Crippen molar-refractivity contribution in [1.29, 1.82) is 0 Å². The third kappa shape index (κ3) is 5.23. The van der Waals surface area contributed by atoms with Crippen molar-refractivity contribution in [2.75, 3.05) is 39.9 Å². The highest BCUT2D eigenvalue weighted by Gasteiger charge is 2.29. The van der Waals surface area contributed by atoms with Gasteiger partial charge in [0, 0.05) is 57.1 Å². The smallest absolute Gasteiger partial charge is 0.251 e. The normalized spacial score (nSPS) is 20.9. The van der Waals surface area contributed by atoms with E-state index in [-0.39, 0.29) is 41.7 Å². The molecule has 0 aliphatic carbocycles. The maximum Gasteiger partial charge on any atom is 0.251 e. The second-order valence-electron chi connectivity index (χ2n) is 8.42. The Balaban J connectivity index is 1.70. The van der Waals surface area contributed by atoms with Gasteiger partial charge in [-0.2, -0.15) is 0 Å². The highest BCUT2D eigenvalue weighted by Crippen LogP contribution is 2.29. The lowest BCUT2D eigenvalue weighted by Crippen LogP contribution is -2.42. The Labute approximate surface area is 171 Å². The number of carbonyl (C=O) groups is 2. The van der Waals surface area contributed by atoms with Gasteiger partial charge in [0.25, 0.3) is 5.56 Å². The van der Waals surface area contributed by atoms with Crippen LogP contribution < -0.4 is 5.56 Å². The Hall–Kier alpha value is -2.22. The number of aromatic amines is 1. The molecule has 1 N–H and O–H groups in total. The molecule has 0 aromatic carbocycles. The van der Waals surface area contributed by atoms with E-state index in [0.717, 1.165) is 37.9 Å². The van der Waals surface area contributed by atoms with Crippen LogP contribution in [0.2, 0.25) is 0 Å². The lowest BCUT2D eigenvalue weighted by molar-refractivity contribution is -0.136. The topological polar surface area (TPSA) is 95.6 Å². The molecule has 8 nitrogen and oxygen atoms in total. The molecule has 0 radical (unpaired) electrons. The average molecular weight is 405 g/mol. The quantitative estimate of drug-likeness (QED) is 0.802. The molecular weight excluding hydrogens is 372 g/mol. The van der Waals surface area contributed by atoms with Crippen molar-refractivity contribution in [3.8, 4) is 0 Å². The first-order chi connectivity index (χ1) is 13.9. The summed E-state index contributed by atoms with van der Waals surface area (Å²) in [6.07, 6.45) is 3.39. The fraction of sp³-hybridized carbons (Fsp3) is 0.714. The number of piperidine rings is 2. The largest absolute Gasteiger partial charge is 0.375 e. The van der Waals surface area contributed by atoms with Crippen LogP contribution in [-0.4, -0.2) is 71.5 Å². The van der Waals surface area contributed by atoms with Crippen molar-refractivity contribution in [2.45, 2.75) is 51.4 Å². The van der Waals surface area contributed by atoms with Gasteiger partial charge in [0.15, 0.2) is 0 Å². The number of hydrogen-bond donors (Lipinski definition) is 1. The second-order valence-corrected chi connectivity index (χ2v) is 8.42. The number of nitrogens with zero attached hydrogens (tertiary/aromatic N) is 3. The summed E-state index contributed by atoms with van der Waals surface area (Å²) >= 11 is 0. The van der Waals surface area contributed by atoms with Crippen molar-refractivity contribution >= 4 is 11.8 Å². The molecule has 8 heteroatoms. The highest BCUT2D eigenvalue weighted by molar-refractivity contribution is 5.78. The minimum Gasteiger partial charge on any atom is -0.375 e. The molecule has 29 heavy (non-hydrogen) atoms. The van der Waals surface area contributed by atoms with Gasteiger partial charge in [0.1, 0.15) is 12.4 Å². The fourth-order valence-corrected chi connectivity index (χ4v) is 4.30. The number of aromatic nitrogens is 2. The standard InChI is InChI=1S/C21H32N4O4/c1-14(2)21(28)25-8-4-5-16(12-25)17-11-18(26)23-20(22-17)15-6-9-24(10-7-15)19(27)13-29-3/h11,14-16H,4-10,12-13H2,1-3H3,(H,22,23,26)/t16-/m0/s1. The molecule has 0 spiro atoms. The number of likely N-dealkylation sites (tertiary alicyclic amines) is 2. The van der Waals surface area contributed by atoms with E-state index in [1.165, 1.54) is 7.11 Å². The van der Waals surface area contributed by atoms with Crippen molar-refractivity contribution in [3.63, 3.8) is 0 Å². The lowest BCUT2D eigenvalue weighted by Gasteiger charge is -2.34. The Bertz CT molecular complexity index is 783. The highest BCUT2D eigenvalue weighted by atomic mass is 16.5. The molecule has 3 rings (SSSR count). The summed E-state index contributed by atoms with van der Waals surface area (Å²) in [4.78, 5) is 48.1. The summed E-state index contributed by atoms with van der Waals surface area (Å²) in [5, 5.41) is 0. The van der Waals surface area contributed by atoms with Gasteiger partial charge >= 0.3 is 0 Å². The van der Waals surface area contributed by atoms with Crippen LogP contribution in [-0.2, 0) is 14.3 Å². The van der Waals surface area contributed by atoms with Gasteiger partial charge in [-0.15, -0.1) is 0 Å². The molecule has 3 heterocycles. The molecule has 0 unspecified atom stereocenters. The Morgan fingerprint density at radius 2 is 1.90 bits per heavy atom. The van der Waals surface area contributed by atoms with Crippen LogP contribution in [0.25, 0.3) is 0 Å². The van der Waals surface area contributed by atoms with Gasteiger partial charge in [-0.25, -0.2) is 4.98 Å². The van der Waals surface area contributed by atoms with Crippen LogP contribution in [0.4, 0.5) is 0 Å². The number of amides is 2. The maximum atomic E-state index is 12.4. The van der Waals surface area contributed by atoms with E-state index >= 15 is 0 Å². The summed E-state index contributed by atoms with van der Waals surface area (Å²) in [6.45, 7) is 6.61. The molecule has 160 valence electrons. The van der Waals surface area contributed by atoms with Crippen LogP contribution >= 0.6 is 0 Å². The van der Waals surface area contributed by atoms with E-state index in [1.54, 1.807) is 11.0 Å². The summed E-state index contributed by atoms with van der Waals surface area (Å²) < 4.78 is 4.93. The van der Waals surface area contributed by atoms with Crippen molar-refractivity contribution in [3.05, 3.63) is 27.9 Å². The van der Waals surface area contributed by atoms with Crippen LogP contribution in [0.3, 0.4) is 0 Å². The fourth-order valence-electron chi connectivity index (χ4n) is 4.30. The van der Waals surface area contributed by atoms with Crippen molar-refractivity contribution in [1.82, 2.24) is 19.8 Å². The summed E-state index contributed by atoms with van der Waals surface area (Å²) in [5.74, 6) is 1.06. The zero-order valence-electron chi connectivity index (χ0n) is 17.6. The Morgan fingerprint density at radius 3 is 2.55 bits per heavy atom. The number of carbonyl (C=O) groups excluding carboxylic acids is 2. The van der Waals surface area contributed by atoms with E-state index in [4.69, 9.17) is 9.72 Å². The van der Waals surface area contributed by atoms with Crippen LogP contribution in [0, 0.1) is 5.92 Å². The first-order valence-electron chi connectivity index (χ1n) is 10.6. The van der Waals surface area contributed by atoms with Gasteiger partial charge in [-0.05, 0) is 25.7 Å². The lowest BCUT2D eigenvalue weighted by atomic mass is 9.92. The van der Waals surface area contributed by atoms with Gasteiger partial charge in [0.2, 0.25) is 11.8 Å². The third-order valence-electron chi connectivity index (χ3n) is 5.93. The van der Waals surface area contributed by atoms with Gasteiger partial charge in [-0.1, -0.05) is 13.8 Å². The number of nitrogens with one attached hydrogen (secondary N) is 1. The minimum atomic E-state index is -0.143. The van der Waals surface area contributed by atoms with E-state index < -0.39 is 0 Å². The first kappa shape index (κ1) is 21.5. The summed E-state index contributed by atoms with van der Waals surface area (Å²) in [6, 6.07) is 1.58. The number of hydrogen-bond acceptors (Lipinski definition) is 5. The number of H-pyrrole nitrogens is 1. The van der Waals surface area contributed by atoms with E-state index in [0.29, 0.717) is 25.5 Å². The summed E-state index contributed by atoms with van der Waals surface area (Å²) in [7, 11) is 1.52. The van der Waals surface area contributed by atoms with Crippen LogP contribution in [0.15, 0.2) is 10.9 Å². The molecule has 2 aliphatic heterocycles. The molecule has 2 amide bonds. The van der Waals surface area contributed by atoms with Crippen molar-refractivity contribution in [2.24, 2.45) is 5.92 Å². The van der Waals surface area contributed by atoms with Crippen LogP contribution in [0.5, 0.6) is 0 Å². The number of rotatable bonds is 5. The van der Waals surface area contributed by atoms with E-state index in [2.05, 4.69) is 4.98 Å². The van der Waals surface area contributed by atoms with E-state index in [1.807, 2.05) is 18.7 Å². The molecular formula is C21H32N4O4. The first-order valence-corrected chi connectivity index (χ1v) is 10.6. The third-order valence-corrected chi connectivity index (χ3v) is 5.93. The molecule has 1 atom stereocenters. The molecule has 2 saturated heterocycles. The number of methoxy groups -OCH3 is 1. The zero-order valence-corrected chi connectivity index (χ0v) is 17.6.